The molecule has 1 N–H and O–H groups in total. The molecule has 0 aliphatic heterocycles. The van der Waals surface area contributed by atoms with Crippen LogP contribution in [0, 0.1) is 6.07 Å². The van der Waals surface area contributed by atoms with Crippen molar-refractivity contribution in [3.8, 4) is 6.07 Å². The Morgan fingerprint density at radius 1 is 1.22 bits per heavy atom. The highest BCUT2D eigenvalue weighted by Gasteiger charge is 2.26. The van der Waals surface area contributed by atoms with Crippen LogP contribution in [0.5, 0.6) is 0 Å². The molecule has 0 heterocycles. The fourth-order valence-electron chi connectivity index (χ4n) is 2.07. The molecule has 0 bridgehead atoms. The number of hydrogen-bond acceptors (Lipinski definition) is 3. The molecule has 0 fully saturated rings. The van der Waals surface area contributed by atoms with Crippen LogP contribution >= 0.6 is 0 Å². The topological polar surface area (TPSA) is 42.7 Å². The van der Waals surface area contributed by atoms with Gasteiger partial charge in [0.05, 0.1) is 6.61 Å². The zero-order valence-electron chi connectivity index (χ0n) is 14.1. The summed E-state index contributed by atoms with van der Waals surface area (Å²) in [6, 6.07) is 16.2. The van der Waals surface area contributed by atoms with Crippen molar-refractivity contribution in [1.29, 1.82) is 0 Å². The maximum Gasteiger partial charge on any atom is 0.348 e. The lowest BCUT2D eigenvalue weighted by Crippen LogP contribution is -2.30. The maximum absolute atomic E-state index is 12.1. The Morgan fingerprint density at radius 3 is 2.57 bits per heavy atom. The van der Waals surface area contributed by atoms with Crippen molar-refractivity contribution in [2.24, 2.45) is 0 Å². The monoisotopic (exact) mass is 311 g/mol. The molecule has 0 aromatic heterocycles. The minimum Gasteiger partial charge on any atom is -0.464 e. The van der Waals surface area contributed by atoms with Gasteiger partial charge in [0.1, 0.15) is 0 Å². The van der Waals surface area contributed by atoms with Gasteiger partial charge in [-0.25, -0.2) is 4.79 Å². The van der Waals surface area contributed by atoms with E-state index in [0.29, 0.717) is 6.61 Å². The van der Waals surface area contributed by atoms with Crippen molar-refractivity contribution in [2.75, 3.05) is 11.9 Å². The Kier molecular flexibility index (Phi) is 5.23. The summed E-state index contributed by atoms with van der Waals surface area (Å²) >= 11 is 0. The van der Waals surface area contributed by atoms with Gasteiger partial charge in [0, 0.05) is 26.5 Å². The average molecular weight is 311 g/mol. The van der Waals surface area contributed by atoms with E-state index in [2.05, 4.69) is 22.3 Å². The number of nitrogens with one attached hydrogen (secondary N) is 1. The number of anilines is 1. The average Bonchev–Trinajstić information content (AvgIpc) is 2.50. The Bertz CT molecular complexity index is 751. The molecule has 4 nitrogen and oxygen atoms in total. The molecule has 0 spiro atoms. The Hall–Kier alpha value is -2.54. The fraction of sp³-hybridized carbons (Fsp3) is 0.368. The second-order valence-electron chi connectivity index (χ2n) is 6.30. The summed E-state index contributed by atoms with van der Waals surface area (Å²) in [5.74, 6) is -0.381. The van der Waals surface area contributed by atoms with Crippen LogP contribution in [0.2, 0.25) is 0 Å². The zero-order valence-corrected chi connectivity index (χ0v) is 14.1. The van der Waals surface area contributed by atoms with Gasteiger partial charge in [-0.3, -0.25) is 0 Å². The van der Waals surface area contributed by atoms with E-state index in [0.717, 1.165) is 16.5 Å². The molecule has 1 unspecified atom stereocenters. The van der Waals surface area contributed by atoms with Crippen LogP contribution in [0.15, 0.2) is 42.5 Å². The number of carbonyl (C=O) groups excluding carboxylic acids is 1. The van der Waals surface area contributed by atoms with Gasteiger partial charge in [0.2, 0.25) is 0 Å². The number of nitrogens with zero attached hydrogens (tertiary/aromatic N) is 1. The normalized spacial score (nSPS) is 12.2. The van der Waals surface area contributed by atoms with Crippen LogP contribution in [-0.4, -0.2) is 24.2 Å². The largest absolute Gasteiger partial charge is 0.464 e. The van der Waals surface area contributed by atoms with Gasteiger partial charge in [0.25, 0.3) is 11.6 Å². The van der Waals surface area contributed by atoms with Gasteiger partial charge >= 0.3 is 12.0 Å². The third-order valence-corrected chi connectivity index (χ3v) is 3.11. The molecule has 120 valence electrons. The van der Waals surface area contributed by atoms with Crippen molar-refractivity contribution >= 4 is 22.4 Å². The first-order valence-electron chi connectivity index (χ1n) is 7.78. The maximum atomic E-state index is 12.1. The third kappa shape index (κ3) is 5.00. The molecule has 4 heteroatoms. The second kappa shape index (κ2) is 7.15. The molecule has 2 rings (SSSR count). The van der Waals surface area contributed by atoms with E-state index in [9.17, 15) is 4.79 Å². The second-order valence-corrected chi connectivity index (χ2v) is 6.30. The molecule has 0 radical (unpaired) electrons. The van der Waals surface area contributed by atoms with Crippen LogP contribution in [0.1, 0.15) is 27.7 Å². The molecule has 2 aromatic rings. The van der Waals surface area contributed by atoms with Crippen molar-refractivity contribution in [3.63, 3.8) is 0 Å². The molecule has 1 atom stereocenters. The molecule has 23 heavy (non-hydrogen) atoms. The number of benzene rings is 2. The lowest BCUT2D eigenvalue weighted by atomic mass is 10.1. The summed E-state index contributed by atoms with van der Waals surface area (Å²) in [5, 5.41) is 5.40. The number of rotatable bonds is 4. The van der Waals surface area contributed by atoms with E-state index in [-0.39, 0.29) is 11.5 Å². The smallest absolute Gasteiger partial charge is 0.348 e. The fourth-order valence-corrected chi connectivity index (χ4v) is 2.07. The Labute approximate surface area is 137 Å². The predicted molar refractivity (Wildman–Crippen MR) is 95.0 cm³/mol. The predicted octanol–water partition coefficient (Wildman–Crippen LogP) is 4.31. The zero-order chi connectivity index (χ0) is 16.9. The summed E-state index contributed by atoms with van der Waals surface area (Å²) in [4.78, 5) is 16.4. The summed E-state index contributed by atoms with van der Waals surface area (Å²) in [6.07, 6.45) is 0. The molecule has 0 saturated carbocycles. The first kappa shape index (κ1) is 16.8. The van der Waals surface area contributed by atoms with E-state index >= 15 is 0 Å². The highest BCUT2D eigenvalue weighted by atomic mass is 16.5. The number of carbonyl (C=O) groups is 1. The first-order valence-corrected chi connectivity index (χ1v) is 7.78. The van der Waals surface area contributed by atoms with E-state index in [1.54, 1.807) is 6.92 Å². The molecule has 0 amide bonds. The molecule has 0 saturated heterocycles. The molecule has 0 aliphatic rings. The summed E-state index contributed by atoms with van der Waals surface area (Å²) in [7, 11) is 0. The lowest BCUT2D eigenvalue weighted by Gasteiger charge is -2.11. The van der Waals surface area contributed by atoms with E-state index in [1.807, 2.05) is 57.2 Å². The lowest BCUT2D eigenvalue weighted by molar-refractivity contribution is -0.142. The van der Waals surface area contributed by atoms with E-state index < -0.39 is 6.04 Å². The Morgan fingerprint density at radius 2 is 1.91 bits per heavy atom. The van der Waals surface area contributed by atoms with Crippen LogP contribution in [0.3, 0.4) is 0 Å². The van der Waals surface area contributed by atoms with Gasteiger partial charge in [-0.15, -0.1) is 0 Å². The van der Waals surface area contributed by atoms with Gasteiger partial charge in [-0.2, -0.15) is 0 Å². The summed E-state index contributed by atoms with van der Waals surface area (Å²) in [5.41, 5.74) is 0.536. The minimum atomic E-state index is -0.727. The number of fused-ring (bicyclic) bond motifs is 1. The van der Waals surface area contributed by atoms with Crippen LogP contribution in [0.4, 0.5) is 5.69 Å². The van der Waals surface area contributed by atoms with Crippen LogP contribution in [0.25, 0.3) is 15.6 Å². The minimum absolute atomic E-state index is 0.296. The molecular weight excluding hydrogens is 288 g/mol. The quantitative estimate of drug-likeness (QED) is 0.855. The first-order chi connectivity index (χ1) is 10.9. The van der Waals surface area contributed by atoms with Crippen molar-refractivity contribution in [1.82, 2.24) is 0 Å². The third-order valence-electron chi connectivity index (χ3n) is 3.11. The number of hydrogen-bond donors (Lipinski definition) is 1. The van der Waals surface area contributed by atoms with Gasteiger partial charge < -0.3 is 10.1 Å². The number of ether oxygens (including phenoxy) is 1. The SMILES string of the molecule is CCOC(=O)C(C#[N+]C(C)(C)C)Nc1ccc2ccccc2c1. The number of esters is 1. The van der Waals surface area contributed by atoms with Gasteiger partial charge in [-0.05, 0) is 29.8 Å². The van der Waals surface area contributed by atoms with Gasteiger partial charge in [0.15, 0.2) is 0 Å². The van der Waals surface area contributed by atoms with Crippen LogP contribution in [-0.2, 0) is 9.53 Å². The highest BCUT2D eigenvalue weighted by Crippen LogP contribution is 2.19. The standard InChI is InChI=1S/C19H23N2O2/c1-5-23-18(22)17(13-20-19(2,3)4)21-16-11-10-14-8-6-7-9-15(14)12-16/h6-12,17,21H,5H2,1-4H3/q+1. The molecule has 0 aliphatic carbocycles. The highest BCUT2D eigenvalue weighted by molar-refractivity contribution is 5.88. The van der Waals surface area contributed by atoms with E-state index in [1.165, 1.54) is 0 Å². The summed E-state index contributed by atoms with van der Waals surface area (Å²) in [6.45, 7) is 7.98. The van der Waals surface area contributed by atoms with Gasteiger partial charge in [-0.1, -0.05) is 35.2 Å². The van der Waals surface area contributed by atoms with E-state index in [4.69, 9.17) is 4.74 Å². The Balaban J connectivity index is 2.27. The van der Waals surface area contributed by atoms with Crippen molar-refractivity contribution in [3.05, 3.63) is 47.3 Å². The van der Waals surface area contributed by atoms with Crippen molar-refractivity contribution < 1.29 is 9.53 Å². The molecule has 2 aromatic carbocycles. The molecular formula is C19H23N2O2+. The van der Waals surface area contributed by atoms with Crippen molar-refractivity contribution in [2.45, 2.75) is 39.3 Å². The summed E-state index contributed by atoms with van der Waals surface area (Å²) < 4.78 is 5.11. The van der Waals surface area contributed by atoms with Crippen LogP contribution < -0.4 is 5.32 Å².